The number of hydrogen-bond acceptors (Lipinski definition) is 7. The maximum Gasteiger partial charge on any atom is 0.410 e. The van der Waals surface area contributed by atoms with Gasteiger partial charge in [-0.2, -0.15) is 0 Å². The van der Waals surface area contributed by atoms with E-state index in [4.69, 9.17) is 14.1 Å². The van der Waals surface area contributed by atoms with Crippen LogP contribution in [0.15, 0.2) is 71.5 Å². The maximum absolute atomic E-state index is 12.4. The van der Waals surface area contributed by atoms with Crippen molar-refractivity contribution in [2.45, 2.75) is 32.9 Å². The number of rotatable bonds is 6. The normalized spacial score (nSPS) is 14.5. The largest absolute Gasteiger partial charge is 0.462 e. The molecule has 5 rings (SSSR count). The first-order valence-corrected chi connectivity index (χ1v) is 15.1. The van der Waals surface area contributed by atoms with E-state index in [1.165, 1.54) is 0 Å². The first kappa shape index (κ1) is 27.7. The van der Waals surface area contributed by atoms with Crippen LogP contribution >= 0.6 is 0 Å². The number of sulfonamides is 1. The molecule has 1 aliphatic heterocycles. The van der Waals surface area contributed by atoms with Crippen LogP contribution in [0.1, 0.15) is 26.3 Å². The van der Waals surface area contributed by atoms with Crippen molar-refractivity contribution >= 4 is 32.9 Å². The Labute approximate surface area is 234 Å². The summed E-state index contributed by atoms with van der Waals surface area (Å²) in [6.07, 6.45) is 4.41. The molecule has 2 aromatic carbocycles. The molecule has 0 atom stereocenters. The van der Waals surface area contributed by atoms with E-state index >= 15 is 0 Å². The molecule has 0 unspecified atom stereocenters. The number of carbonyl (C=O) groups is 1. The van der Waals surface area contributed by atoms with E-state index in [1.54, 1.807) is 11.2 Å². The molecule has 0 aliphatic carbocycles. The van der Waals surface area contributed by atoms with Gasteiger partial charge in [-0.1, -0.05) is 30.3 Å². The lowest BCUT2D eigenvalue weighted by molar-refractivity contribution is 0.0240. The number of pyridine rings is 1. The Morgan fingerprint density at radius 1 is 1.00 bits per heavy atom. The van der Waals surface area contributed by atoms with Gasteiger partial charge in [-0.3, -0.25) is 4.98 Å². The number of nitrogens with one attached hydrogen (secondary N) is 1. The van der Waals surface area contributed by atoms with Crippen molar-refractivity contribution in [3.8, 4) is 22.3 Å². The third-order valence-corrected chi connectivity index (χ3v) is 7.35. The fourth-order valence-electron chi connectivity index (χ4n) is 4.68. The molecule has 9 nitrogen and oxygen atoms in total. The number of ether oxygens (including phenoxy) is 1. The molecular weight excluding hydrogens is 528 g/mol. The lowest BCUT2D eigenvalue weighted by atomic mass is 10.0. The first-order chi connectivity index (χ1) is 18.9. The molecule has 0 saturated carbocycles. The molecule has 1 saturated heterocycles. The Hall–Kier alpha value is -3.89. The van der Waals surface area contributed by atoms with Crippen molar-refractivity contribution in [1.82, 2.24) is 14.6 Å². The van der Waals surface area contributed by atoms with E-state index in [2.05, 4.69) is 33.9 Å². The molecule has 4 aromatic rings. The van der Waals surface area contributed by atoms with Crippen molar-refractivity contribution in [3.05, 3.63) is 72.6 Å². The van der Waals surface area contributed by atoms with Crippen molar-refractivity contribution in [2.75, 3.05) is 37.3 Å². The summed E-state index contributed by atoms with van der Waals surface area (Å²) in [6, 6.07) is 18.0. The molecule has 1 N–H and O–H groups in total. The van der Waals surface area contributed by atoms with Crippen LogP contribution in [0, 0.1) is 0 Å². The smallest absolute Gasteiger partial charge is 0.410 e. The Morgan fingerprint density at radius 3 is 2.40 bits per heavy atom. The number of amides is 1. The molecule has 1 amide bonds. The minimum Gasteiger partial charge on any atom is -0.462 e. The van der Waals surface area contributed by atoms with Gasteiger partial charge in [0.15, 0.2) is 5.58 Å². The summed E-state index contributed by atoms with van der Waals surface area (Å²) in [7, 11) is -3.28. The average Bonchev–Trinajstić information content (AvgIpc) is 3.34. The van der Waals surface area contributed by atoms with Crippen LogP contribution in [0.3, 0.4) is 0 Å². The monoisotopic (exact) mass is 562 g/mol. The number of carbonyl (C=O) groups excluding carboxylic acids is 1. The predicted molar refractivity (Wildman–Crippen MR) is 157 cm³/mol. The van der Waals surface area contributed by atoms with Gasteiger partial charge < -0.3 is 19.0 Å². The van der Waals surface area contributed by atoms with E-state index < -0.39 is 15.6 Å². The highest BCUT2D eigenvalue weighted by atomic mass is 32.2. The van der Waals surface area contributed by atoms with Crippen LogP contribution in [-0.4, -0.2) is 62.4 Å². The van der Waals surface area contributed by atoms with Gasteiger partial charge in [-0.05, 0) is 61.7 Å². The topological polar surface area (TPSA) is 105 Å². The van der Waals surface area contributed by atoms with E-state index in [1.807, 2.05) is 57.3 Å². The summed E-state index contributed by atoms with van der Waals surface area (Å²) in [5, 5.41) is 0. The molecule has 1 fully saturated rings. The number of fused-ring (bicyclic) bond motifs is 1. The average molecular weight is 563 g/mol. The zero-order valence-corrected chi connectivity index (χ0v) is 24.0. The lowest BCUT2D eigenvalue weighted by Gasteiger charge is -2.36. The van der Waals surface area contributed by atoms with Crippen molar-refractivity contribution in [3.63, 3.8) is 0 Å². The molecule has 2 aromatic heterocycles. The molecule has 0 radical (unpaired) electrons. The third kappa shape index (κ3) is 6.63. The summed E-state index contributed by atoms with van der Waals surface area (Å²) < 4.78 is 36.8. The van der Waals surface area contributed by atoms with Crippen LogP contribution in [-0.2, 0) is 21.3 Å². The van der Waals surface area contributed by atoms with Gasteiger partial charge in [0.2, 0.25) is 10.0 Å². The summed E-state index contributed by atoms with van der Waals surface area (Å²) in [5.74, 6) is 0. The van der Waals surface area contributed by atoms with E-state index in [-0.39, 0.29) is 12.6 Å². The van der Waals surface area contributed by atoms with Gasteiger partial charge in [-0.15, -0.1) is 0 Å². The summed E-state index contributed by atoms with van der Waals surface area (Å²) in [4.78, 5) is 21.1. The SMILES string of the molecule is CC(C)(C)OC(=O)N1CCN(c2ccc(-c3cnc4c(-c5cccc(CNS(C)(=O)=O)c5)coc4c3)cc2)CC1. The zero-order chi connectivity index (χ0) is 28.5. The van der Waals surface area contributed by atoms with Crippen LogP contribution in [0.25, 0.3) is 33.4 Å². The highest BCUT2D eigenvalue weighted by molar-refractivity contribution is 7.88. The third-order valence-electron chi connectivity index (χ3n) is 6.69. The van der Waals surface area contributed by atoms with Crippen molar-refractivity contribution in [2.24, 2.45) is 0 Å². The number of nitrogens with zero attached hydrogens (tertiary/aromatic N) is 3. The van der Waals surface area contributed by atoms with Gasteiger partial charge >= 0.3 is 6.09 Å². The van der Waals surface area contributed by atoms with Gasteiger partial charge in [0.25, 0.3) is 0 Å². The minimum absolute atomic E-state index is 0.218. The predicted octanol–water partition coefficient (Wildman–Crippen LogP) is 5.27. The fraction of sp³-hybridized carbons (Fsp3) is 0.333. The van der Waals surface area contributed by atoms with Crippen LogP contribution in [0.2, 0.25) is 0 Å². The second-order valence-corrected chi connectivity index (χ2v) is 12.8. The van der Waals surface area contributed by atoms with Gasteiger partial charge in [0.05, 0.1) is 6.26 Å². The molecule has 210 valence electrons. The summed E-state index contributed by atoms with van der Waals surface area (Å²) >= 11 is 0. The Bertz CT molecular complexity index is 1620. The number of anilines is 1. The van der Waals surface area contributed by atoms with Gasteiger partial charge in [0.1, 0.15) is 17.4 Å². The number of furan rings is 1. The number of benzene rings is 2. The zero-order valence-electron chi connectivity index (χ0n) is 23.2. The molecule has 0 spiro atoms. The number of hydrogen-bond donors (Lipinski definition) is 1. The second kappa shape index (κ2) is 10.9. The standard InChI is InChI=1S/C30H34N4O5S/c1-30(2,3)39-29(35)34-14-12-33(13-15-34)25-10-8-22(9-11-25)24-17-27-28(31-19-24)26(20-38-27)23-7-5-6-21(16-23)18-32-40(4,36)37/h5-11,16-17,19-20,32H,12-15,18H2,1-4H3. The Kier molecular flexibility index (Phi) is 7.57. The second-order valence-electron chi connectivity index (χ2n) is 11.0. The highest BCUT2D eigenvalue weighted by Crippen LogP contribution is 2.33. The van der Waals surface area contributed by atoms with Crippen molar-refractivity contribution in [1.29, 1.82) is 0 Å². The fourth-order valence-corrected chi connectivity index (χ4v) is 5.11. The van der Waals surface area contributed by atoms with Crippen LogP contribution in [0.4, 0.5) is 10.5 Å². The lowest BCUT2D eigenvalue weighted by Crippen LogP contribution is -2.50. The summed E-state index contributed by atoms with van der Waals surface area (Å²) in [6.45, 7) is 8.58. The van der Waals surface area contributed by atoms with Crippen LogP contribution < -0.4 is 9.62 Å². The van der Waals surface area contributed by atoms with Crippen molar-refractivity contribution < 1.29 is 22.4 Å². The number of piperazine rings is 1. The first-order valence-electron chi connectivity index (χ1n) is 13.2. The Morgan fingerprint density at radius 2 is 1.73 bits per heavy atom. The number of aromatic nitrogens is 1. The molecule has 1 aliphatic rings. The van der Waals surface area contributed by atoms with Gasteiger partial charge in [-0.25, -0.2) is 17.9 Å². The molecular formula is C30H34N4O5S. The van der Waals surface area contributed by atoms with E-state index in [0.717, 1.165) is 58.4 Å². The quantitative estimate of drug-likeness (QED) is 0.341. The summed E-state index contributed by atoms with van der Waals surface area (Å²) in [5.41, 5.74) is 6.60. The maximum atomic E-state index is 12.4. The molecule has 10 heteroatoms. The molecule has 0 bridgehead atoms. The highest BCUT2D eigenvalue weighted by Gasteiger charge is 2.26. The molecule has 3 heterocycles. The van der Waals surface area contributed by atoms with E-state index in [9.17, 15) is 13.2 Å². The minimum atomic E-state index is -3.28. The van der Waals surface area contributed by atoms with Gasteiger partial charge in [0, 0.05) is 55.7 Å². The Balaban J connectivity index is 1.27. The van der Waals surface area contributed by atoms with E-state index in [0.29, 0.717) is 18.7 Å². The molecule has 40 heavy (non-hydrogen) atoms. The van der Waals surface area contributed by atoms with Crippen LogP contribution in [0.5, 0.6) is 0 Å².